The van der Waals surface area contributed by atoms with Crippen LogP contribution >= 0.6 is 11.6 Å². The van der Waals surface area contributed by atoms with Crippen LogP contribution in [-0.2, 0) is 13.2 Å². The van der Waals surface area contributed by atoms with E-state index >= 15 is 0 Å². The lowest BCUT2D eigenvalue weighted by molar-refractivity contribution is 0.293. The van der Waals surface area contributed by atoms with Crippen molar-refractivity contribution in [2.45, 2.75) is 13.2 Å². The van der Waals surface area contributed by atoms with Crippen LogP contribution in [0.15, 0.2) is 42.6 Å². The Hall–Kier alpha value is -1.58. The summed E-state index contributed by atoms with van der Waals surface area (Å²) in [4.78, 5) is 4.17. The monoisotopic (exact) mass is 262 g/mol. The zero-order valence-electron chi connectivity index (χ0n) is 10.2. The molecular formula is C14H15ClN2O. The zero-order valence-corrected chi connectivity index (χ0v) is 10.9. The van der Waals surface area contributed by atoms with Crippen LogP contribution in [0.25, 0.3) is 0 Å². The smallest absolute Gasteiger partial charge is 0.213 e. The standard InChI is InChI=1S/C14H15ClN2O/c1-16-9-11-6-7-17-14(8-11)18-10-12-4-2-3-5-13(12)15/h2-8,16H,9-10H2,1H3. The van der Waals surface area contributed by atoms with E-state index in [2.05, 4.69) is 10.3 Å². The third-order valence-electron chi connectivity index (χ3n) is 2.51. The van der Waals surface area contributed by atoms with Crippen molar-refractivity contribution in [1.82, 2.24) is 10.3 Å². The second-order valence-corrected chi connectivity index (χ2v) is 4.32. The van der Waals surface area contributed by atoms with Crippen molar-refractivity contribution < 1.29 is 4.74 Å². The molecule has 1 heterocycles. The van der Waals surface area contributed by atoms with Crippen LogP contribution < -0.4 is 10.1 Å². The van der Waals surface area contributed by atoms with Gasteiger partial charge in [0.2, 0.25) is 5.88 Å². The van der Waals surface area contributed by atoms with Crippen LogP contribution in [0.2, 0.25) is 5.02 Å². The number of nitrogens with one attached hydrogen (secondary N) is 1. The average Bonchev–Trinajstić information content (AvgIpc) is 2.39. The van der Waals surface area contributed by atoms with Crippen molar-refractivity contribution in [3.05, 3.63) is 58.7 Å². The van der Waals surface area contributed by atoms with Gasteiger partial charge in [-0.15, -0.1) is 0 Å². The SMILES string of the molecule is CNCc1ccnc(OCc2ccccc2Cl)c1. The summed E-state index contributed by atoms with van der Waals surface area (Å²) >= 11 is 6.06. The normalized spacial score (nSPS) is 10.3. The maximum Gasteiger partial charge on any atom is 0.213 e. The number of hydrogen-bond acceptors (Lipinski definition) is 3. The number of ether oxygens (including phenoxy) is 1. The van der Waals surface area contributed by atoms with E-state index in [0.717, 1.165) is 17.7 Å². The van der Waals surface area contributed by atoms with Crippen molar-refractivity contribution >= 4 is 11.6 Å². The third-order valence-corrected chi connectivity index (χ3v) is 2.88. The van der Waals surface area contributed by atoms with Gasteiger partial charge in [0, 0.05) is 29.4 Å². The minimum atomic E-state index is 0.426. The number of hydrogen-bond donors (Lipinski definition) is 1. The van der Waals surface area contributed by atoms with Gasteiger partial charge >= 0.3 is 0 Å². The molecule has 2 aromatic rings. The Labute approximate surface area is 112 Å². The second-order valence-electron chi connectivity index (χ2n) is 3.91. The van der Waals surface area contributed by atoms with Gasteiger partial charge in [-0.1, -0.05) is 29.8 Å². The van der Waals surface area contributed by atoms with Crippen molar-refractivity contribution in [2.75, 3.05) is 7.05 Å². The summed E-state index contributed by atoms with van der Waals surface area (Å²) in [5.41, 5.74) is 2.10. The molecule has 0 radical (unpaired) electrons. The fraction of sp³-hybridized carbons (Fsp3) is 0.214. The lowest BCUT2D eigenvalue weighted by Gasteiger charge is -2.08. The Bertz CT molecular complexity index is 517. The molecule has 0 amide bonds. The Kier molecular flexibility index (Phi) is 4.56. The van der Waals surface area contributed by atoms with E-state index < -0.39 is 0 Å². The van der Waals surface area contributed by atoms with E-state index in [1.165, 1.54) is 0 Å². The summed E-state index contributed by atoms with van der Waals surface area (Å²) in [6, 6.07) is 11.5. The predicted octanol–water partition coefficient (Wildman–Crippen LogP) is 3.03. The molecule has 0 aliphatic heterocycles. The largest absolute Gasteiger partial charge is 0.473 e. The van der Waals surface area contributed by atoms with Crippen LogP contribution in [0.1, 0.15) is 11.1 Å². The Morgan fingerprint density at radius 3 is 2.89 bits per heavy atom. The van der Waals surface area contributed by atoms with Gasteiger partial charge in [-0.25, -0.2) is 4.98 Å². The summed E-state index contributed by atoms with van der Waals surface area (Å²) in [7, 11) is 1.91. The zero-order chi connectivity index (χ0) is 12.8. The molecular weight excluding hydrogens is 248 g/mol. The first kappa shape index (κ1) is 12.9. The van der Waals surface area contributed by atoms with E-state index in [9.17, 15) is 0 Å². The molecule has 3 nitrogen and oxygen atoms in total. The number of halogens is 1. The van der Waals surface area contributed by atoms with Crippen LogP contribution in [-0.4, -0.2) is 12.0 Å². The highest BCUT2D eigenvalue weighted by atomic mass is 35.5. The fourth-order valence-electron chi connectivity index (χ4n) is 1.61. The Morgan fingerprint density at radius 1 is 1.28 bits per heavy atom. The van der Waals surface area contributed by atoms with Gasteiger partial charge in [0.15, 0.2) is 0 Å². The second kappa shape index (κ2) is 6.38. The fourth-order valence-corrected chi connectivity index (χ4v) is 1.80. The van der Waals surface area contributed by atoms with Crippen molar-refractivity contribution in [3.8, 4) is 5.88 Å². The van der Waals surface area contributed by atoms with E-state index in [-0.39, 0.29) is 0 Å². The van der Waals surface area contributed by atoms with Gasteiger partial charge in [-0.2, -0.15) is 0 Å². The molecule has 1 aromatic heterocycles. The summed E-state index contributed by atoms with van der Waals surface area (Å²) in [6.07, 6.45) is 1.74. The Balaban J connectivity index is 2.02. The van der Waals surface area contributed by atoms with Gasteiger partial charge in [-0.05, 0) is 24.7 Å². The van der Waals surface area contributed by atoms with Crippen molar-refractivity contribution in [2.24, 2.45) is 0 Å². The molecule has 0 aliphatic rings. The minimum absolute atomic E-state index is 0.426. The molecule has 0 saturated heterocycles. The van der Waals surface area contributed by atoms with Gasteiger partial charge in [0.1, 0.15) is 6.61 Å². The lowest BCUT2D eigenvalue weighted by Crippen LogP contribution is -2.05. The molecule has 0 aliphatic carbocycles. The molecule has 18 heavy (non-hydrogen) atoms. The Morgan fingerprint density at radius 2 is 2.11 bits per heavy atom. The quantitative estimate of drug-likeness (QED) is 0.899. The number of pyridine rings is 1. The minimum Gasteiger partial charge on any atom is -0.473 e. The summed E-state index contributed by atoms with van der Waals surface area (Å²) < 4.78 is 5.64. The van der Waals surface area contributed by atoms with Crippen molar-refractivity contribution in [1.29, 1.82) is 0 Å². The molecule has 1 aromatic carbocycles. The number of aromatic nitrogens is 1. The van der Waals surface area contributed by atoms with E-state index in [1.807, 2.05) is 43.4 Å². The third kappa shape index (κ3) is 3.45. The molecule has 4 heteroatoms. The van der Waals surface area contributed by atoms with Gasteiger partial charge in [-0.3, -0.25) is 0 Å². The van der Waals surface area contributed by atoms with Crippen LogP contribution in [0.3, 0.4) is 0 Å². The first-order valence-electron chi connectivity index (χ1n) is 5.75. The summed E-state index contributed by atoms with van der Waals surface area (Å²) in [5.74, 6) is 0.614. The van der Waals surface area contributed by atoms with Crippen LogP contribution in [0.5, 0.6) is 5.88 Å². The summed E-state index contributed by atoms with van der Waals surface area (Å²) in [5, 5.41) is 3.80. The molecule has 2 rings (SSSR count). The van der Waals surface area contributed by atoms with Crippen LogP contribution in [0.4, 0.5) is 0 Å². The van der Waals surface area contributed by atoms with Crippen molar-refractivity contribution in [3.63, 3.8) is 0 Å². The van der Waals surface area contributed by atoms with E-state index in [1.54, 1.807) is 6.20 Å². The van der Waals surface area contributed by atoms with Gasteiger partial charge in [0.25, 0.3) is 0 Å². The average molecular weight is 263 g/mol. The first-order valence-corrected chi connectivity index (χ1v) is 6.13. The maximum absolute atomic E-state index is 6.06. The van der Waals surface area contributed by atoms with Crippen LogP contribution in [0, 0.1) is 0 Å². The predicted molar refractivity (Wildman–Crippen MR) is 72.8 cm³/mol. The molecule has 0 bridgehead atoms. The number of benzene rings is 1. The molecule has 1 N–H and O–H groups in total. The topological polar surface area (TPSA) is 34.2 Å². The first-order chi connectivity index (χ1) is 8.79. The molecule has 0 unspecified atom stereocenters. The highest BCUT2D eigenvalue weighted by Crippen LogP contribution is 2.17. The van der Waals surface area contributed by atoms with E-state index in [0.29, 0.717) is 17.5 Å². The highest BCUT2D eigenvalue weighted by molar-refractivity contribution is 6.31. The highest BCUT2D eigenvalue weighted by Gasteiger charge is 2.02. The molecule has 0 spiro atoms. The molecule has 0 fully saturated rings. The number of rotatable bonds is 5. The van der Waals surface area contributed by atoms with Gasteiger partial charge in [0.05, 0.1) is 0 Å². The maximum atomic E-state index is 6.06. The molecule has 0 atom stereocenters. The van der Waals surface area contributed by atoms with E-state index in [4.69, 9.17) is 16.3 Å². The molecule has 0 saturated carbocycles. The molecule has 94 valence electrons. The van der Waals surface area contributed by atoms with Gasteiger partial charge < -0.3 is 10.1 Å². The summed E-state index contributed by atoms with van der Waals surface area (Å²) in [6.45, 7) is 1.22. The lowest BCUT2D eigenvalue weighted by atomic mass is 10.2. The number of nitrogens with zero attached hydrogens (tertiary/aromatic N) is 1.